The number of alkyl halides is 1. The zero-order valence-electron chi connectivity index (χ0n) is 30.2. The number of aliphatic hydroxyl groups excluding tert-OH is 1. The van der Waals surface area contributed by atoms with Gasteiger partial charge in [0.25, 0.3) is 0 Å². The van der Waals surface area contributed by atoms with Crippen LogP contribution < -0.4 is 5.32 Å². The summed E-state index contributed by atoms with van der Waals surface area (Å²) in [7, 11) is 1.50. The first kappa shape index (κ1) is 39.7. The maximum absolute atomic E-state index is 14.8. The molecule has 1 spiro atoms. The Morgan fingerprint density at radius 2 is 1.90 bits per heavy atom. The SMILES string of the molecule is C=CCCC(=O)N[C@H](COC)[C@H](OC(=O)[C@H]1[C@@H]2O[C@@]3(CC2Br)[C@@H]1C(=O)N([C@@H](CO)[C@@H](C)CC)[C@@H]3C(=O)N(CC=C)C(C)(C)C)c1ccccc1. The van der Waals surface area contributed by atoms with Gasteiger partial charge in [-0.3, -0.25) is 19.2 Å². The van der Waals surface area contributed by atoms with Gasteiger partial charge < -0.3 is 34.4 Å². The lowest BCUT2D eigenvalue weighted by Crippen LogP contribution is -2.62. The molecule has 0 aliphatic carbocycles. The molecule has 2 bridgehead atoms. The summed E-state index contributed by atoms with van der Waals surface area (Å²) in [5.74, 6) is -3.92. The summed E-state index contributed by atoms with van der Waals surface area (Å²) < 4.78 is 18.6. The molecule has 3 aliphatic rings. The first-order valence-electron chi connectivity index (χ1n) is 17.5. The van der Waals surface area contributed by atoms with Crippen molar-refractivity contribution >= 4 is 39.6 Å². The van der Waals surface area contributed by atoms with E-state index < -0.39 is 65.2 Å². The predicted molar refractivity (Wildman–Crippen MR) is 193 cm³/mol. The molecule has 0 radical (unpaired) electrons. The second-order valence-corrected chi connectivity index (χ2v) is 15.9. The quantitative estimate of drug-likeness (QED) is 0.136. The second-order valence-electron chi connectivity index (χ2n) is 14.7. The van der Waals surface area contributed by atoms with Crippen LogP contribution in [0.5, 0.6) is 0 Å². The second kappa shape index (κ2) is 16.5. The summed E-state index contributed by atoms with van der Waals surface area (Å²) in [4.78, 5) is 60.0. The van der Waals surface area contributed by atoms with E-state index in [0.29, 0.717) is 24.8 Å². The molecule has 12 heteroatoms. The molecule has 1 aromatic carbocycles. The van der Waals surface area contributed by atoms with Gasteiger partial charge in [-0.1, -0.05) is 78.7 Å². The van der Waals surface area contributed by atoms with Gasteiger partial charge >= 0.3 is 5.97 Å². The number of hydrogen-bond donors (Lipinski definition) is 2. The number of methoxy groups -OCH3 is 1. The van der Waals surface area contributed by atoms with Gasteiger partial charge in [0.15, 0.2) is 0 Å². The number of esters is 1. The number of carbonyl (C=O) groups is 4. The summed E-state index contributed by atoms with van der Waals surface area (Å²) in [5.41, 5.74) is -1.34. The Morgan fingerprint density at radius 1 is 1.22 bits per heavy atom. The van der Waals surface area contributed by atoms with Crippen molar-refractivity contribution in [1.29, 1.82) is 0 Å². The van der Waals surface area contributed by atoms with Crippen molar-refractivity contribution in [2.24, 2.45) is 17.8 Å². The smallest absolute Gasteiger partial charge is 0.313 e. The lowest BCUT2D eigenvalue weighted by molar-refractivity contribution is -0.164. The third-order valence-electron chi connectivity index (χ3n) is 10.5. The number of benzene rings is 1. The summed E-state index contributed by atoms with van der Waals surface area (Å²) >= 11 is 3.74. The number of likely N-dealkylation sites (tertiary alicyclic amines) is 1. The average molecular weight is 761 g/mol. The van der Waals surface area contributed by atoms with Crippen molar-refractivity contribution in [3.8, 4) is 0 Å². The molecule has 1 aromatic rings. The van der Waals surface area contributed by atoms with Crippen molar-refractivity contribution in [3.05, 3.63) is 61.2 Å². The number of nitrogens with one attached hydrogen (secondary N) is 1. The van der Waals surface area contributed by atoms with Crippen molar-refractivity contribution in [3.63, 3.8) is 0 Å². The molecule has 3 aliphatic heterocycles. The third kappa shape index (κ3) is 7.59. The highest BCUT2D eigenvalue weighted by Crippen LogP contribution is 2.61. The Kier molecular flexibility index (Phi) is 13.1. The zero-order chi connectivity index (χ0) is 37.0. The lowest BCUT2D eigenvalue weighted by atomic mass is 9.70. The molecule has 11 nitrogen and oxygen atoms in total. The topological polar surface area (TPSA) is 135 Å². The van der Waals surface area contributed by atoms with Crippen molar-refractivity contribution in [2.45, 2.75) is 107 Å². The van der Waals surface area contributed by atoms with E-state index in [0.717, 1.165) is 0 Å². The van der Waals surface area contributed by atoms with Crippen molar-refractivity contribution < 1.29 is 38.5 Å². The Balaban J connectivity index is 1.80. The van der Waals surface area contributed by atoms with E-state index in [2.05, 4.69) is 34.4 Å². The maximum Gasteiger partial charge on any atom is 0.313 e. The molecule has 3 heterocycles. The van der Waals surface area contributed by atoms with E-state index >= 15 is 0 Å². The van der Waals surface area contributed by atoms with Crippen LogP contribution in [0.3, 0.4) is 0 Å². The molecule has 1 unspecified atom stereocenters. The number of fused-ring (bicyclic) bond motifs is 1. The van der Waals surface area contributed by atoms with Crippen LogP contribution in [0.4, 0.5) is 0 Å². The van der Waals surface area contributed by atoms with E-state index in [4.69, 9.17) is 14.2 Å². The largest absolute Gasteiger partial charge is 0.455 e. The fourth-order valence-electron chi connectivity index (χ4n) is 7.88. The minimum atomic E-state index is -1.35. The molecule has 10 atom stereocenters. The summed E-state index contributed by atoms with van der Waals surface area (Å²) in [5, 5.41) is 13.7. The van der Waals surface area contributed by atoms with Gasteiger partial charge in [0.05, 0.1) is 43.2 Å². The highest BCUT2D eigenvalue weighted by molar-refractivity contribution is 9.09. The standard InChI is InChI=1S/C38H54BrN3O8/c1-9-12-18-28(44)40-26(22-48-8)31(24-16-14-13-15-17-24)49-36(47)29-30-34(45)42(27(21-43)23(4)11-3)33(38(30)20-25(39)32(29)50-38)35(46)41(19-10-2)37(5,6)7/h9-10,13-17,23,25-27,29-33,43H,1-2,11-12,18-22H2,3-8H3,(H,40,44)/t23-,25?,26+,27-,29+,30-,31+,32+,33+,38-/m0/s1. The maximum atomic E-state index is 14.8. The molecule has 2 N–H and O–H groups in total. The molecule has 50 heavy (non-hydrogen) atoms. The van der Waals surface area contributed by atoms with E-state index in [1.807, 2.05) is 52.8 Å². The fraction of sp³-hybridized carbons (Fsp3) is 0.632. The minimum Gasteiger partial charge on any atom is -0.455 e. The van der Waals surface area contributed by atoms with Crippen LogP contribution in [0.2, 0.25) is 0 Å². The summed E-state index contributed by atoms with van der Waals surface area (Å²) in [6.45, 7) is 17.1. The molecule has 276 valence electrons. The Hall–Kier alpha value is -3.06. The third-order valence-corrected chi connectivity index (χ3v) is 11.3. The number of rotatable bonds is 17. The number of amides is 3. The molecular formula is C38H54BrN3O8. The first-order valence-corrected chi connectivity index (χ1v) is 18.5. The van der Waals surface area contributed by atoms with Crippen LogP contribution in [-0.2, 0) is 33.4 Å². The predicted octanol–water partition coefficient (Wildman–Crippen LogP) is 4.34. The molecule has 3 amide bonds. The highest BCUT2D eigenvalue weighted by Gasteiger charge is 2.78. The molecule has 3 saturated heterocycles. The zero-order valence-corrected chi connectivity index (χ0v) is 31.8. The fourth-order valence-corrected chi connectivity index (χ4v) is 8.83. The van der Waals surface area contributed by atoms with Crippen LogP contribution in [0.25, 0.3) is 0 Å². The van der Waals surface area contributed by atoms with Crippen LogP contribution in [0, 0.1) is 17.8 Å². The van der Waals surface area contributed by atoms with E-state index in [9.17, 15) is 24.3 Å². The molecule has 0 aromatic heterocycles. The normalized spacial score (nSPS) is 28.0. The number of carbonyl (C=O) groups excluding carboxylic acids is 4. The first-order chi connectivity index (χ1) is 23.7. The molecule has 0 saturated carbocycles. The number of allylic oxidation sites excluding steroid dienone is 1. The van der Waals surface area contributed by atoms with Gasteiger partial charge in [-0.15, -0.1) is 13.2 Å². The van der Waals surface area contributed by atoms with Gasteiger partial charge in [-0.05, 0) is 45.1 Å². The van der Waals surface area contributed by atoms with Crippen LogP contribution in [0.15, 0.2) is 55.6 Å². The van der Waals surface area contributed by atoms with Gasteiger partial charge in [0.1, 0.15) is 17.7 Å². The van der Waals surface area contributed by atoms with Gasteiger partial charge in [0.2, 0.25) is 17.7 Å². The highest BCUT2D eigenvalue weighted by atomic mass is 79.9. The Morgan fingerprint density at radius 3 is 2.46 bits per heavy atom. The van der Waals surface area contributed by atoms with Crippen LogP contribution in [0.1, 0.15) is 72.0 Å². The average Bonchev–Trinajstić information content (AvgIpc) is 3.68. The van der Waals surface area contributed by atoms with E-state index in [1.165, 1.54) is 12.0 Å². The Labute approximate surface area is 304 Å². The van der Waals surface area contributed by atoms with Crippen LogP contribution in [-0.4, -0.2) is 106 Å². The van der Waals surface area contributed by atoms with Crippen molar-refractivity contribution in [2.75, 3.05) is 26.9 Å². The molecule has 3 fully saturated rings. The monoisotopic (exact) mass is 759 g/mol. The number of nitrogens with zero attached hydrogens (tertiary/aromatic N) is 2. The van der Waals surface area contributed by atoms with Gasteiger partial charge in [-0.2, -0.15) is 0 Å². The summed E-state index contributed by atoms with van der Waals surface area (Å²) in [6, 6.07) is 6.54. The Bertz CT molecular complexity index is 1400. The number of halogens is 1. The van der Waals surface area contributed by atoms with Crippen molar-refractivity contribution in [1.82, 2.24) is 15.1 Å². The molecule has 4 rings (SSSR count). The number of ether oxygens (including phenoxy) is 3. The van der Waals surface area contributed by atoms with E-state index in [-0.39, 0.29) is 48.7 Å². The number of aliphatic hydroxyl groups is 1. The van der Waals surface area contributed by atoms with Gasteiger partial charge in [0, 0.05) is 30.4 Å². The lowest BCUT2D eigenvalue weighted by Gasteiger charge is -2.44. The summed E-state index contributed by atoms with van der Waals surface area (Å²) in [6.07, 6.45) is 3.22. The minimum absolute atomic E-state index is 0.0496. The van der Waals surface area contributed by atoms with Gasteiger partial charge in [-0.25, -0.2) is 0 Å². The number of hydrogen-bond acceptors (Lipinski definition) is 8. The van der Waals surface area contributed by atoms with E-state index in [1.54, 1.807) is 29.2 Å². The van der Waals surface area contributed by atoms with Crippen LogP contribution >= 0.6 is 15.9 Å². The molecular weight excluding hydrogens is 706 g/mol.